The molecule has 1 fully saturated rings. The molecule has 2 aliphatic heterocycles. The fraction of sp³-hybridized carbons (Fsp3) is 0.577. The van der Waals surface area contributed by atoms with Gasteiger partial charge >= 0.3 is 41.8 Å². The zero-order valence-corrected chi connectivity index (χ0v) is 25.8. The monoisotopic (exact) mass is 660 g/mol. The first kappa shape index (κ1) is 36.5. The van der Waals surface area contributed by atoms with Crippen LogP contribution in [0.3, 0.4) is 0 Å². The molecule has 0 spiro atoms. The minimum Gasteiger partial charge on any atom is -0.477 e. The summed E-state index contributed by atoms with van der Waals surface area (Å²) in [6.07, 6.45) is -7.74. The number of esters is 6. The van der Waals surface area contributed by atoms with E-state index in [-0.39, 0.29) is 17.9 Å². The van der Waals surface area contributed by atoms with Crippen molar-refractivity contribution < 1.29 is 76.7 Å². The Hall–Kier alpha value is -4.68. The number of carbonyl (C=O) groups is 9. The molecule has 2 N–H and O–H groups in total. The Kier molecular flexibility index (Phi) is 12.9. The average Bonchev–Trinajstić information content (AvgIpc) is 2.91. The highest BCUT2D eigenvalue weighted by molar-refractivity contribution is 8.00. The number of rotatable bonds is 14. The van der Waals surface area contributed by atoms with Crippen molar-refractivity contribution in [2.24, 2.45) is 0 Å². The van der Waals surface area contributed by atoms with Crippen LogP contribution < -0.4 is 5.32 Å². The number of thioether (sulfide) groups is 1. The number of hydrogen-bond acceptors (Lipinski definition) is 16. The highest BCUT2D eigenvalue weighted by Gasteiger charge is 2.56. The Morgan fingerprint density at radius 3 is 1.82 bits per heavy atom. The predicted octanol–water partition coefficient (Wildman–Crippen LogP) is -1.42. The lowest BCUT2D eigenvalue weighted by atomic mass is 9.99. The lowest BCUT2D eigenvalue weighted by molar-refractivity contribution is -0.203. The summed E-state index contributed by atoms with van der Waals surface area (Å²) >= 11 is 1.04. The van der Waals surface area contributed by atoms with Crippen LogP contribution in [0, 0.1) is 0 Å². The van der Waals surface area contributed by atoms with E-state index in [1.807, 2.05) is 0 Å². The summed E-state index contributed by atoms with van der Waals surface area (Å²) in [6, 6.07) is -1.37. The molecule has 2 amide bonds. The molecule has 19 heteroatoms. The quantitative estimate of drug-likeness (QED) is 0.123. The van der Waals surface area contributed by atoms with Gasteiger partial charge < -0.3 is 38.8 Å². The largest absolute Gasteiger partial charge is 0.477 e. The fourth-order valence-corrected chi connectivity index (χ4v) is 5.64. The van der Waals surface area contributed by atoms with Crippen molar-refractivity contribution in [2.45, 2.75) is 77.4 Å². The van der Waals surface area contributed by atoms with E-state index in [9.17, 15) is 48.3 Å². The minimum absolute atomic E-state index is 0.00785. The molecule has 0 aliphatic carbocycles. The number of β-lactam (4-membered cyclic amide) rings is 1. The first-order valence-electron chi connectivity index (χ1n) is 13.1. The van der Waals surface area contributed by atoms with Crippen LogP contribution in [0.25, 0.3) is 0 Å². The molecule has 0 saturated carbocycles. The molecular weight excluding hydrogens is 628 g/mol. The molecule has 0 aromatic carbocycles. The summed E-state index contributed by atoms with van der Waals surface area (Å²) in [5, 5.41) is 11.1. The summed E-state index contributed by atoms with van der Waals surface area (Å²) in [7, 11) is 0. The predicted molar refractivity (Wildman–Crippen MR) is 145 cm³/mol. The Morgan fingerprint density at radius 2 is 1.33 bits per heavy atom. The van der Waals surface area contributed by atoms with Gasteiger partial charge in [0.1, 0.15) is 30.3 Å². The molecule has 2 heterocycles. The molecule has 0 bridgehead atoms. The number of carbonyl (C=O) groups excluding carboxylic acids is 8. The number of ether oxygens (including phenoxy) is 6. The van der Waals surface area contributed by atoms with Crippen molar-refractivity contribution in [2.75, 3.05) is 19.0 Å². The number of nitrogens with one attached hydrogen (secondary N) is 1. The summed E-state index contributed by atoms with van der Waals surface area (Å²) < 4.78 is 30.5. The average molecular weight is 661 g/mol. The van der Waals surface area contributed by atoms with E-state index in [2.05, 4.69) is 5.32 Å². The van der Waals surface area contributed by atoms with E-state index >= 15 is 0 Å². The summed E-state index contributed by atoms with van der Waals surface area (Å²) in [6.45, 7) is 4.73. The third kappa shape index (κ3) is 9.91. The van der Waals surface area contributed by atoms with Crippen LogP contribution in [0.1, 0.15) is 41.5 Å². The number of hydrogen-bond donors (Lipinski definition) is 2. The van der Waals surface area contributed by atoms with Crippen molar-refractivity contribution in [3.05, 3.63) is 11.3 Å². The molecule has 45 heavy (non-hydrogen) atoms. The van der Waals surface area contributed by atoms with E-state index in [4.69, 9.17) is 28.4 Å². The van der Waals surface area contributed by atoms with Crippen molar-refractivity contribution in [1.82, 2.24) is 10.2 Å². The van der Waals surface area contributed by atoms with Gasteiger partial charge in [-0.25, -0.2) is 4.79 Å². The van der Waals surface area contributed by atoms with Gasteiger partial charge in [-0.05, 0) is 0 Å². The van der Waals surface area contributed by atoms with Crippen LogP contribution in [0.2, 0.25) is 0 Å². The van der Waals surface area contributed by atoms with Gasteiger partial charge in [0.15, 0.2) is 18.3 Å². The maximum Gasteiger partial charge on any atom is 0.352 e. The highest BCUT2D eigenvalue weighted by Crippen LogP contribution is 2.40. The number of fused-ring (bicyclic) bond motifs is 1. The number of carboxylic acids is 1. The minimum atomic E-state index is -2.14. The molecule has 2 rings (SSSR count). The summed E-state index contributed by atoms with van der Waals surface area (Å²) in [5.41, 5.74) is -0.298. The molecule has 18 nitrogen and oxygen atoms in total. The van der Waals surface area contributed by atoms with Crippen molar-refractivity contribution in [3.63, 3.8) is 0 Å². The maximum atomic E-state index is 13.6. The fourth-order valence-electron chi connectivity index (χ4n) is 4.31. The number of nitrogens with zero attached hydrogens (tertiary/aromatic N) is 1. The third-order valence-corrected chi connectivity index (χ3v) is 7.25. The first-order chi connectivity index (χ1) is 20.9. The van der Waals surface area contributed by atoms with Crippen LogP contribution in [-0.4, -0.2) is 118 Å². The normalized spacial score (nSPS) is 19.7. The molecule has 0 aromatic heterocycles. The Balaban J connectivity index is 2.47. The van der Waals surface area contributed by atoms with Crippen molar-refractivity contribution in [1.29, 1.82) is 0 Å². The van der Waals surface area contributed by atoms with Crippen molar-refractivity contribution in [3.8, 4) is 0 Å². The topological polar surface area (TPSA) is 245 Å². The second kappa shape index (κ2) is 15.9. The summed E-state index contributed by atoms with van der Waals surface area (Å²) in [4.78, 5) is 110. The number of amides is 2. The second-order valence-corrected chi connectivity index (χ2v) is 10.7. The molecule has 0 radical (unpaired) electrons. The van der Waals surface area contributed by atoms with E-state index in [0.717, 1.165) is 58.2 Å². The Morgan fingerprint density at radius 1 is 0.800 bits per heavy atom. The smallest absolute Gasteiger partial charge is 0.352 e. The number of aliphatic carboxylic acids is 1. The zero-order chi connectivity index (χ0) is 34.2. The molecular formula is C26H32N2O16S. The van der Waals surface area contributed by atoms with Crippen LogP contribution >= 0.6 is 11.8 Å². The highest BCUT2D eigenvalue weighted by atomic mass is 32.2. The summed E-state index contributed by atoms with van der Waals surface area (Å²) in [5.74, 6) is -9.25. The van der Waals surface area contributed by atoms with E-state index in [1.54, 1.807) is 0 Å². The Bertz CT molecular complexity index is 1300. The second-order valence-electron chi connectivity index (χ2n) is 9.56. The van der Waals surface area contributed by atoms with Gasteiger partial charge in [0.05, 0.1) is 0 Å². The SMILES string of the molecule is CC(=O)OCC1=C(C(=O)O)N2C(=O)[C@H](NC(=O)[C@@H](OC(C)=O)[C@H](OC(C)=O)[C@H](OC(C)=O)[C@H](COC(C)=O)OC(C)=O)[C@@H]2SC1. The molecule has 1 saturated heterocycles. The third-order valence-electron chi connectivity index (χ3n) is 5.91. The maximum absolute atomic E-state index is 13.6. The van der Waals surface area contributed by atoms with E-state index < -0.39 is 102 Å². The molecule has 2 aliphatic rings. The standard InChI is InChI=1S/C26H32N2O16S/c1-10(29)39-7-16-9-45-25-18(24(36)28(25)19(16)26(37)38)27-23(35)22(44-15(6)34)21(43-14(5)33)20(42-13(4)32)17(41-12(3)31)8-40-11(2)30/h17-18,20-22,25H,7-9H2,1-6H3,(H,27,35)(H,37,38)/t17-,18-,20+,21+,22-,25-/m0/s1. The van der Waals surface area contributed by atoms with Gasteiger partial charge in [0.2, 0.25) is 6.10 Å². The molecule has 6 atom stereocenters. The van der Waals surface area contributed by atoms with Gasteiger partial charge in [-0.1, -0.05) is 0 Å². The first-order valence-corrected chi connectivity index (χ1v) is 14.1. The van der Waals surface area contributed by atoms with E-state index in [1.165, 1.54) is 0 Å². The lowest BCUT2D eigenvalue weighted by Crippen LogP contribution is -2.72. The van der Waals surface area contributed by atoms with Gasteiger partial charge in [0, 0.05) is 52.9 Å². The van der Waals surface area contributed by atoms with Gasteiger partial charge in [-0.15, -0.1) is 11.8 Å². The van der Waals surface area contributed by atoms with Gasteiger partial charge in [0.25, 0.3) is 11.8 Å². The Labute approximate surface area is 260 Å². The van der Waals surface area contributed by atoms with Crippen LogP contribution in [0.15, 0.2) is 11.3 Å². The van der Waals surface area contributed by atoms with Gasteiger partial charge in [-0.3, -0.25) is 43.3 Å². The molecule has 0 unspecified atom stereocenters. The molecule has 248 valence electrons. The van der Waals surface area contributed by atoms with Crippen molar-refractivity contribution >= 4 is 65.4 Å². The van der Waals surface area contributed by atoms with Gasteiger partial charge in [-0.2, -0.15) is 0 Å². The lowest BCUT2D eigenvalue weighted by Gasteiger charge is -2.49. The zero-order valence-electron chi connectivity index (χ0n) is 25.0. The number of carboxylic acid groups (broad SMARTS) is 1. The van der Waals surface area contributed by atoms with Crippen LogP contribution in [0.4, 0.5) is 0 Å². The van der Waals surface area contributed by atoms with Crippen LogP contribution in [0.5, 0.6) is 0 Å². The molecule has 0 aromatic rings. The van der Waals surface area contributed by atoms with Crippen LogP contribution in [-0.2, 0) is 71.6 Å². The van der Waals surface area contributed by atoms with E-state index in [0.29, 0.717) is 0 Å².